The van der Waals surface area contributed by atoms with E-state index in [0.717, 1.165) is 45.2 Å². The average molecular weight is 311 g/mol. The Kier molecular flexibility index (Phi) is 6.93. The summed E-state index contributed by atoms with van der Waals surface area (Å²) in [6.07, 6.45) is 4.46. The molecule has 1 unspecified atom stereocenters. The van der Waals surface area contributed by atoms with Gasteiger partial charge in [-0.2, -0.15) is 0 Å². The summed E-state index contributed by atoms with van der Waals surface area (Å²) in [5.74, 6) is 0.731. The second-order valence-electron chi connectivity index (χ2n) is 6.33. The van der Waals surface area contributed by atoms with Gasteiger partial charge in [-0.05, 0) is 18.9 Å². The van der Waals surface area contributed by atoms with Crippen molar-refractivity contribution in [3.05, 3.63) is 11.6 Å². The monoisotopic (exact) mass is 310 g/mol. The Bertz CT molecular complexity index is 372. The van der Waals surface area contributed by atoms with E-state index in [2.05, 4.69) is 46.3 Å². The van der Waals surface area contributed by atoms with Gasteiger partial charge >= 0.3 is 0 Å². The molecular weight excluding hydrogens is 280 g/mol. The molecular formula is C16H30N4S. The summed E-state index contributed by atoms with van der Waals surface area (Å²) >= 11 is 1.75. The third kappa shape index (κ3) is 5.24. The highest BCUT2D eigenvalue weighted by Crippen LogP contribution is 2.20. The van der Waals surface area contributed by atoms with Crippen LogP contribution in [0.1, 0.15) is 33.6 Å². The van der Waals surface area contributed by atoms with Gasteiger partial charge in [0.25, 0.3) is 0 Å². The fourth-order valence-corrected chi connectivity index (χ4v) is 3.63. The van der Waals surface area contributed by atoms with Crippen molar-refractivity contribution < 1.29 is 0 Å². The molecule has 1 aliphatic rings. The van der Waals surface area contributed by atoms with Crippen molar-refractivity contribution in [2.45, 2.75) is 39.7 Å². The molecule has 1 fully saturated rings. The van der Waals surface area contributed by atoms with Crippen LogP contribution >= 0.6 is 11.3 Å². The molecule has 4 nitrogen and oxygen atoms in total. The zero-order valence-electron chi connectivity index (χ0n) is 13.7. The largest absolute Gasteiger partial charge is 0.346 e. The lowest BCUT2D eigenvalue weighted by molar-refractivity contribution is 0.170. The summed E-state index contributed by atoms with van der Waals surface area (Å²) in [6.45, 7) is 13.6. The van der Waals surface area contributed by atoms with Gasteiger partial charge in [0.2, 0.25) is 0 Å². The zero-order valence-corrected chi connectivity index (χ0v) is 14.5. The van der Waals surface area contributed by atoms with Crippen molar-refractivity contribution in [3.8, 4) is 0 Å². The highest BCUT2D eigenvalue weighted by atomic mass is 32.1. The molecule has 21 heavy (non-hydrogen) atoms. The highest BCUT2D eigenvalue weighted by Gasteiger charge is 2.24. The van der Waals surface area contributed by atoms with Gasteiger partial charge in [-0.15, -0.1) is 11.3 Å². The van der Waals surface area contributed by atoms with Gasteiger partial charge in [0.05, 0.1) is 0 Å². The quantitative estimate of drug-likeness (QED) is 0.800. The predicted molar refractivity (Wildman–Crippen MR) is 92.3 cm³/mol. The van der Waals surface area contributed by atoms with Gasteiger partial charge in [0.15, 0.2) is 5.13 Å². The van der Waals surface area contributed by atoms with Crippen LogP contribution in [0.3, 0.4) is 0 Å². The van der Waals surface area contributed by atoms with E-state index < -0.39 is 0 Å². The van der Waals surface area contributed by atoms with Crippen molar-refractivity contribution in [3.63, 3.8) is 0 Å². The number of rotatable bonds is 8. The molecule has 0 amide bonds. The van der Waals surface area contributed by atoms with Gasteiger partial charge < -0.3 is 10.2 Å². The van der Waals surface area contributed by atoms with Gasteiger partial charge in [-0.1, -0.05) is 27.2 Å². The van der Waals surface area contributed by atoms with E-state index in [4.69, 9.17) is 0 Å². The standard InChI is InChI=1S/C16H30N4S/c1-4-5-15(13-17-12-14(2)3)19-7-9-20(10-8-19)16-18-6-11-21-16/h6,11,14-15,17H,4-5,7-10,12-13H2,1-3H3. The van der Waals surface area contributed by atoms with Crippen LogP contribution in [0.25, 0.3) is 0 Å². The van der Waals surface area contributed by atoms with Crippen molar-refractivity contribution in [2.24, 2.45) is 5.92 Å². The fourth-order valence-electron chi connectivity index (χ4n) is 2.94. The van der Waals surface area contributed by atoms with Gasteiger partial charge in [-0.3, -0.25) is 4.90 Å². The van der Waals surface area contributed by atoms with Crippen molar-refractivity contribution in [1.29, 1.82) is 0 Å². The van der Waals surface area contributed by atoms with Crippen LogP contribution in [0.2, 0.25) is 0 Å². The first-order valence-electron chi connectivity index (χ1n) is 8.30. The van der Waals surface area contributed by atoms with Gasteiger partial charge in [0, 0.05) is 50.3 Å². The van der Waals surface area contributed by atoms with Crippen molar-refractivity contribution in [1.82, 2.24) is 15.2 Å². The third-order valence-corrected chi connectivity index (χ3v) is 4.91. The number of thiazole rings is 1. The minimum atomic E-state index is 0.687. The summed E-state index contributed by atoms with van der Waals surface area (Å²) in [6, 6.07) is 0.687. The molecule has 1 aliphatic heterocycles. The van der Waals surface area contributed by atoms with E-state index in [1.54, 1.807) is 11.3 Å². The number of hydrogen-bond acceptors (Lipinski definition) is 5. The highest BCUT2D eigenvalue weighted by molar-refractivity contribution is 7.13. The Labute approximate surface area is 133 Å². The van der Waals surface area contributed by atoms with Crippen LogP contribution in [-0.4, -0.2) is 55.2 Å². The van der Waals surface area contributed by atoms with E-state index in [1.807, 2.05) is 6.20 Å². The van der Waals surface area contributed by atoms with Crippen molar-refractivity contribution in [2.75, 3.05) is 44.2 Å². The number of anilines is 1. The summed E-state index contributed by atoms with van der Waals surface area (Å²) in [7, 11) is 0. The molecule has 5 heteroatoms. The lowest BCUT2D eigenvalue weighted by Crippen LogP contribution is -2.53. The van der Waals surface area contributed by atoms with E-state index in [-0.39, 0.29) is 0 Å². The molecule has 2 heterocycles. The molecule has 0 bridgehead atoms. The number of nitrogens with one attached hydrogen (secondary N) is 1. The van der Waals surface area contributed by atoms with Crippen LogP contribution in [-0.2, 0) is 0 Å². The smallest absolute Gasteiger partial charge is 0.185 e. The maximum atomic E-state index is 4.43. The van der Waals surface area contributed by atoms with Crippen LogP contribution in [0.15, 0.2) is 11.6 Å². The van der Waals surface area contributed by atoms with E-state index in [1.165, 1.54) is 18.0 Å². The molecule has 0 radical (unpaired) electrons. The summed E-state index contributed by atoms with van der Waals surface area (Å²) in [5.41, 5.74) is 0. The molecule has 0 aromatic carbocycles. The van der Waals surface area contributed by atoms with Crippen molar-refractivity contribution >= 4 is 16.5 Å². The first-order chi connectivity index (χ1) is 10.2. The third-order valence-electron chi connectivity index (χ3n) is 4.07. The molecule has 1 aromatic heterocycles. The minimum absolute atomic E-state index is 0.687. The Hall–Kier alpha value is -0.650. The first kappa shape index (κ1) is 16.7. The number of aromatic nitrogens is 1. The molecule has 120 valence electrons. The second kappa shape index (κ2) is 8.71. The lowest BCUT2D eigenvalue weighted by Gasteiger charge is -2.39. The SMILES string of the molecule is CCCC(CNCC(C)C)N1CCN(c2nccs2)CC1. The normalized spacial score (nSPS) is 18.4. The van der Waals surface area contributed by atoms with E-state index in [0.29, 0.717) is 6.04 Å². The zero-order chi connectivity index (χ0) is 15.1. The topological polar surface area (TPSA) is 31.4 Å². The van der Waals surface area contributed by atoms with E-state index >= 15 is 0 Å². The molecule has 1 aromatic rings. The Morgan fingerprint density at radius 3 is 2.57 bits per heavy atom. The molecule has 0 aliphatic carbocycles. The minimum Gasteiger partial charge on any atom is -0.346 e. The predicted octanol–water partition coefficient (Wildman–Crippen LogP) is 2.68. The Morgan fingerprint density at radius 1 is 1.24 bits per heavy atom. The van der Waals surface area contributed by atoms with Gasteiger partial charge in [-0.25, -0.2) is 4.98 Å². The summed E-state index contributed by atoms with van der Waals surface area (Å²) in [4.78, 5) is 9.52. The fraction of sp³-hybridized carbons (Fsp3) is 0.812. The maximum Gasteiger partial charge on any atom is 0.185 e. The Balaban J connectivity index is 1.79. The second-order valence-corrected chi connectivity index (χ2v) is 7.21. The van der Waals surface area contributed by atoms with Crippen LogP contribution in [0, 0.1) is 5.92 Å². The molecule has 0 saturated carbocycles. The molecule has 0 spiro atoms. The summed E-state index contributed by atoms with van der Waals surface area (Å²) in [5, 5.41) is 6.89. The van der Waals surface area contributed by atoms with Crippen LogP contribution in [0.5, 0.6) is 0 Å². The summed E-state index contributed by atoms with van der Waals surface area (Å²) < 4.78 is 0. The maximum absolute atomic E-state index is 4.43. The molecule has 1 atom stereocenters. The first-order valence-corrected chi connectivity index (χ1v) is 9.17. The Morgan fingerprint density at radius 2 is 2.00 bits per heavy atom. The average Bonchev–Trinajstić information content (AvgIpc) is 3.00. The van der Waals surface area contributed by atoms with Crippen LogP contribution in [0.4, 0.5) is 5.13 Å². The van der Waals surface area contributed by atoms with E-state index in [9.17, 15) is 0 Å². The molecule has 2 rings (SSSR count). The molecule has 1 N–H and O–H groups in total. The number of hydrogen-bond donors (Lipinski definition) is 1. The van der Waals surface area contributed by atoms with Gasteiger partial charge in [0.1, 0.15) is 0 Å². The lowest BCUT2D eigenvalue weighted by atomic mass is 10.1. The van der Waals surface area contributed by atoms with Crippen LogP contribution < -0.4 is 10.2 Å². The number of piperazine rings is 1. The molecule has 1 saturated heterocycles. The number of nitrogens with zero attached hydrogens (tertiary/aromatic N) is 3.